The van der Waals surface area contributed by atoms with Crippen molar-refractivity contribution in [2.45, 2.75) is 13.8 Å². The minimum absolute atomic E-state index is 0.196. The second kappa shape index (κ2) is 10.0. The number of nitrogens with zero attached hydrogens (tertiary/aromatic N) is 2. The molecule has 172 valence electrons. The fourth-order valence-electron chi connectivity index (χ4n) is 3.48. The van der Waals surface area contributed by atoms with E-state index in [-0.39, 0.29) is 18.2 Å². The maximum absolute atomic E-state index is 12.7. The molecule has 0 saturated heterocycles. The number of esters is 1. The van der Waals surface area contributed by atoms with Gasteiger partial charge in [0.05, 0.1) is 25.1 Å². The lowest BCUT2D eigenvalue weighted by atomic mass is 10.1. The summed E-state index contributed by atoms with van der Waals surface area (Å²) in [7, 11) is 1.60. The van der Waals surface area contributed by atoms with Gasteiger partial charge >= 0.3 is 5.97 Å². The van der Waals surface area contributed by atoms with Crippen molar-refractivity contribution >= 4 is 17.6 Å². The number of carbonyl (C=O) groups is 2. The fraction of sp³-hybridized carbons (Fsp3) is 0.148. The van der Waals surface area contributed by atoms with E-state index in [0.29, 0.717) is 22.7 Å². The Morgan fingerprint density at radius 2 is 1.71 bits per heavy atom. The van der Waals surface area contributed by atoms with Crippen LogP contribution in [0.2, 0.25) is 0 Å². The first-order chi connectivity index (χ1) is 16.5. The lowest BCUT2D eigenvalue weighted by molar-refractivity contribution is 0.0519. The van der Waals surface area contributed by atoms with E-state index in [1.807, 2.05) is 67.6 Å². The molecular weight excluding hydrogens is 430 g/mol. The zero-order valence-electron chi connectivity index (χ0n) is 19.2. The number of aryl methyl sites for hydroxylation is 1. The first-order valence-electron chi connectivity index (χ1n) is 10.9. The molecule has 1 aromatic heterocycles. The number of hydrogen-bond acceptors (Lipinski definition) is 5. The van der Waals surface area contributed by atoms with Crippen molar-refractivity contribution in [1.82, 2.24) is 9.78 Å². The standard InChI is InChI=1S/C27H25N3O4/c1-4-34-27(32)24-17-25(30(29-24)22-12-14-23(33-3)15-13-22)20-6-5-7-21(16-20)28-26(31)19-10-8-18(2)9-11-19/h5-17H,4H2,1-3H3,(H,28,31). The summed E-state index contributed by atoms with van der Waals surface area (Å²) in [5.41, 5.74) is 4.69. The normalized spacial score (nSPS) is 10.6. The number of nitrogens with one attached hydrogen (secondary N) is 1. The Bertz CT molecular complexity index is 1310. The van der Waals surface area contributed by atoms with Crippen LogP contribution < -0.4 is 10.1 Å². The van der Waals surface area contributed by atoms with Gasteiger partial charge in [-0.1, -0.05) is 29.8 Å². The predicted octanol–water partition coefficient (Wildman–Crippen LogP) is 5.29. The number of carbonyl (C=O) groups excluding carboxylic acids is 2. The van der Waals surface area contributed by atoms with Crippen LogP contribution in [-0.4, -0.2) is 35.4 Å². The highest BCUT2D eigenvalue weighted by Crippen LogP contribution is 2.28. The zero-order valence-corrected chi connectivity index (χ0v) is 19.2. The third-order valence-corrected chi connectivity index (χ3v) is 5.24. The molecule has 1 N–H and O–H groups in total. The lowest BCUT2D eigenvalue weighted by Crippen LogP contribution is -2.11. The lowest BCUT2D eigenvalue weighted by Gasteiger charge is -2.11. The highest BCUT2D eigenvalue weighted by molar-refractivity contribution is 6.04. The Kier molecular flexibility index (Phi) is 6.73. The predicted molar refractivity (Wildman–Crippen MR) is 131 cm³/mol. The van der Waals surface area contributed by atoms with Gasteiger partial charge in [-0.25, -0.2) is 9.48 Å². The molecule has 0 unspecified atom stereocenters. The van der Waals surface area contributed by atoms with Crippen LogP contribution >= 0.6 is 0 Å². The molecule has 0 aliphatic rings. The van der Waals surface area contributed by atoms with Crippen molar-refractivity contribution in [3.05, 3.63) is 95.7 Å². The van der Waals surface area contributed by atoms with Crippen molar-refractivity contribution in [2.75, 3.05) is 19.0 Å². The molecule has 0 aliphatic carbocycles. The molecule has 0 spiro atoms. The molecule has 1 heterocycles. The zero-order chi connectivity index (χ0) is 24.1. The Labute approximate surface area is 197 Å². The van der Waals surface area contributed by atoms with E-state index in [1.54, 1.807) is 36.9 Å². The summed E-state index contributed by atoms with van der Waals surface area (Å²) in [5, 5.41) is 7.43. The average Bonchev–Trinajstić information content (AvgIpc) is 3.30. The third-order valence-electron chi connectivity index (χ3n) is 5.24. The topological polar surface area (TPSA) is 82.5 Å². The number of amides is 1. The van der Waals surface area contributed by atoms with Crippen molar-refractivity contribution in [2.24, 2.45) is 0 Å². The Balaban J connectivity index is 1.70. The van der Waals surface area contributed by atoms with Gasteiger partial charge in [0.1, 0.15) is 5.75 Å². The van der Waals surface area contributed by atoms with Gasteiger partial charge in [0.25, 0.3) is 5.91 Å². The largest absolute Gasteiger partial charge is 0.497 e. The van der Waals surface area contributed by atoms with Gasteiger partial charge in [0.2, 0.25) is 0 Å². The molecule has 0 atom stereocenters. The minimum atomic E-state index is -0.500. The fourth-order valence-corrected chi connectivity index (χ4v) is 3.48. The van der Waals surface area contributed by atoms with Crippen LogP contribution in [-0.2, 0) is 4.74 Å². The number of benzene rings is 3. The van der Waals surface area contributed by atoms with Gasteiger partial charge in [-0.2, -0.15) is 5.10 Å². The van der Waals surface area contributed by atoms with Gasteiger partial charge < -0.3 is 14.8 Å². The minimum Gasteiger partial charge on any atom is -0.497 e. The smallest absolute Gasteiger partial charge is 0.358 e. The van der Waals surface area contributed by atoms with E-state index in [4.69, 9.17) is 9.47 Å². The van der Waals surface area contributed by atoms with E-state index >= 15 is 0 Å². The SMILES string of the molecule is CCOC(=O)c1cc(-c2cccc(NC(=O)c3ccc(C)cc3)c2)n(-c2ccc(OC)cc2)n1. The number of aromatic nitrogens is 2. The van der Waals surface area contributed by atoms with E-state index in [0.717, 1.165) is 16.8 Å². The summed E-state index contributed by atoms with van der Waals surface area (Å²) < 4.78 is 12.1. The maximum Gasteiger partial charge on any atom is 0.358 e. The number of rotatable bonds is 7. The quantitative estimate of drug-likeness (QED) is 0.383. The molecular formula is C27H25N3O4. The van der Waals surface area contributed by atoms with E-state index in [9.17, 15) is 9.59 Å². The average molecular weight is 456 g/mol. The van der Waals surface area contributed by atoms with Crippen LogP contribution in [0.1, 0.15) is 33.3 Å². The van der Waals surface area contributed by atoms with Crippen molar-refractivity contribution in [3.8, 4) is 22.7 Å². The molecule has 7 nitrogen and oxygen atoms in total. The van der Waals surface area contributed by atoms with Crippen molar-refractivity contribution in [1.29, 1.82) is 0 Å². The summed E-state index contributed by atoms with van der Waals surface area (Å²) in [6.07, 6.45) is 0. The van der Waals surface area contributed by atoms with Gasteiger partial charge in [0.15, 0.2) is 5.69 Å². The van der Waals surface area contributed by atoms with Crippen LogP contribution in [0.5, 0.6) is 5.75 Å². The van der Waals surface area contributed by atoms with Crippen molar-refractivity contribution < 1.29 is 19.1 Å². The Morgan fingerprint density at radius 3 is 2.38 bits per heavy atom. The van der Waals surface area contributed by atoms with Crippen LogP contribution in [0, 0.1) is 6.92 Å². The second-order valence-corrected chi connectivity index (χ2v) is 7.65. The van der Waals surface area contributed by atoms with E-state index in [1.165, 1.54) is 0 Å². The van der Waals surface area contributed by atoms with E-state index < -0.39 is 5.97 Å². The molecule has 4 aromatic rings. The maximum atomic E-state index is 12.7. The number of methoxy groups -OCH3 is 1. The Hall–Kier alpha value is -4.39. The second-order valence-electron chi connectivity index (χ2n) is 7.65. The third kappa shape index (κ3) is 4.99. The molecule has 0 saturated carbocycles. The molecule has 0 aliphatic heterocycles. The number of anilines is 1. The van der Waals surface area contributed by atoms with Crippen LogP contribution in [0.25, 0.3) is 16.9 Å². The summed E-state index contributed by atoms with van der Waals surface area (Å²) >= 11 is 0. The summed E-state index contributed by atoms with van der Waals surface area (Å²) in [6.45, 7) is 3.98. The summed E-state index contributed by atoms with van der Waals surface area (Å²) in [5.74, 6) is 0.0109. The van der Waals surface area contributed by atoms with Crippen molar-refractivity contribution in [3.63, 3.8) is 0 Å². The molecule has 3 aromatic carbocycles. The molecule has 7 heteroatoms. The molecule has 0 fully saturated rings. The Morgan fingerprint density at radius 1 is 0.971 bits per heavy atom. The summed E-state index contributed by atoms with van der Waals surface area (Å²) in [6, 6.07) is 23.8. The van der Waals surface area contributed by atoms with Gasteiger partial charge in [-0.05, 0) is 68.4 Å². The van der Waals surface area contributed by atoms with Crippen LogP contribution in [0.15, 0.2) is 78.9 Å². The first-order valence-corrected chi connectivity index (χ1v) is 10.9. The van der Waals surface area contributed by atoms with Crippen LogP contribution in [0.4, 0.5) is 5.69 Å². The molecule has 4 rings (SSSR count). The summed E-state index contributed by atoms with van der Waals surface area (Å²) in [4.78, 5) is 25.1. The molecule has 0 radical (unpaired) electrons. The highest BCUT2D eigenvalue weighted by atomic mass is 16.5. The van der Waals surface area contributed by atoms with Gasteiger partial charge in [-0.15, -0.1) is 0 Å². The molecule has 0 bridgehead atoms. The van der Waals surface area contributed by atoms with Gasteiger partial charge in [0, 0.05) is 16.8 Å². The monoisotopic (exact) mass is 455 g/mol. The molecule has 34 heavy (non-hydrogen) atoms. The van der Waals surface area contributed by atoms with Crippen LogP contribution in [0.3, 0.4) is 0 Å². The van der Waals surface area contributed by atoms with E-state index in [2.05, 4.69) is 10.4 Å². The highest BCUT2D eigenvalue weighted by Gasteiger charge is 2.18. The first kappa shape index (κ1) is 22.8. The number of ether oxygens (including phenoxy) is 2. The molecule has 1 amide bonds. The van der Waals surface area contributed by atoms with Gasteiger partial charge in [-0.3, -0.25) is 4.79 Å². The number of hydrogen-bond donors (Lipinski definition) is 1.